The summed E-state index contributed by atoms with van der Waals surface area (Å²) in [5, 5.41) is -0.0197. The maximum Gasteiger partial charge on any atom is 0.337 e. The van der Waals surface area contributed by atoms with Gasteiger partial charge >= 0.3 is 11.9 Å². The van der Waals surface area contributed by atoms with E-state index in [2.05, 4.69) is 6.92 Å². The minimum atomic E-state index is -0.848. The summed E-state index contributed by atoms with van der Waals surface area (Å²) in [5.74, 6) is -2.50. The molecule has 0 unspecified atom stereocenters. The third-order valence-electron chi connectivity index (χ3n) is 4.09. The fourth-order valence-corrected chi connectivity index (χ4v) is 2.78. The number of benzene rings is 1. The lowest BCUT2D eigenvalue weighted by Crippen LogP contribution is -2.21. The van der Waals surface area contributed by atoms with E-state index in [0.717, 1.165) is 25.3 Å². The highest BCUT2D eigenvalue weighted by Crippen LogP contribution is 2.27. The number of hydrogen-bond donors (Lipinski definition) is 0. The van der Waals surface area contributed by atoms with Crippen LogP contribution in [0.1, 0.15) is 64.7 Å². The number of halogens is 2. The van der Waals surface area contributed by atoms with Gasteiger partial charge in [0.1, 0.15) is 13.2 Å². The van der Waals surface area contributed by atoms with E-state index in [1.165, 1.54) is 50.7 Å². The highest BCUT2D eigenvalue weighted by atomic mass is 35.5. The molecule has 0 aliphatic carbocycles. The average Bonchev–Trinajstić information content (AvgIpc) is 2.66. The van der Waals surface area contributed by atoms with E-state index in [4.69, 9.17) is 25.8 Å². The molecule has 0 radical (unpaired) electrons. The summed E-state index contributed by atoms with van der Waals surface area (Å²) in [7, 11) is 0. The van der Waals surface area contributed by atoms with Gasteiger partial charge in [0.05, 0.1) is 11.6 Å². The molecule has 0 amide bonds. The Bertz CT molecular complexity index is 574. The molecule has 0 aliphatic rings. The van der Waals surface area contributed by atoms with Crippen molar-refractivity contribution in [1.29, 1.82) is 0 Å². The Balaban J connectivity index is 2.01. The summed E-state index contributed by atoms with van der Waals surface area (Å²) in [5.41, 5.74) is 0. The van der Waals surface area contributed by atoms with E-state index in [-0.39, 0.29) is 17.4 Å². The zero-order chi connectivity index (χ0) is 20.6. The zero-order valence-corrected chi connectivity index (χ0v) is 17.3. The number of hydrogen-bond acceptors (Lipinski definition) is 5. The lowest BCUT2D eigenvalue weighted by Gasteiger charge is -2.08. The highest BCUT2D eigenvalue weighted by molar-refractivity contribution is 6.32. The molecule has 7 heteroatoms. The van der Waals surface area contributed by atoms with E-state index in [0.29, 0.717) is 6.61 Å². The number of para-hydroxylation sites is 1. The molecule has 0 aromatic heterocycles. The van der Waals surface area contributed by atoms with Gasteiger partial charge in [-0.15, -0.1) is 0 Å². The Kier molecular flexibility index (Phi) is 13.3. The first-order valence-corrected chi connectivity index (χ1v) is 10.3. The molecule has 158 valence electrons. The van der Waals surface area contributed by atoms with Gasteiger partial charge in [0.2, 0.25) is 0 Å². The molecule has 0 N–H and O–H groups in total. The molecular formula is C21H30ClFO5. The third kappa shape index (κ3) is 11.2. The van der Waals surface area contributed by atoms with Crippen LogP contribution in [0, 0.1) is 5.82 Å². The largest absolute Gasteiger partial charge is 0.464 e. The van der Waals surface area contributed by atoms with E-state index in [1.807, 2.05) is 0 Å². The Morgan fingerprint density at radius 1 is 0.929 bits per heavy atom. The van der Waals surface area contributed by atoms with E-state index in [1.54, 1.807) is 0 Å². The van der Waals surface area contributed by atoms with Crippen LogP contribution < -0.4 is 4.74 Å². The van der Waals surface area contributed by atoms with Gasteiger partial charge in [-0.3, -0.25) is 0 Å². The van der Waals surface area contributed by atoms with Crippen molar-refractivity contribution < 1.29 is 28.2 Å². The normalized spacial score (nSPS) is 10.7. The quantitative estimate of drug-likeness (QED) is 0.215. The monoisotopic (exact) mass is 416 g/mol. The summed E-state index contributed by atoms with van der Waals surface area (Å²) in [6.45, 7) is 1.68. The molecule has 28 heavy (non-hydrogen) atoms. The van der Waals surface area contributed by atoms with Gasteiger partial charge in [0.25, 0.3) is 0 Å². The van der Waals surface area contributed by atoms with Crippen molar-refractivity contribution in [2.75, 3.05) is 19.8 Å². The van der Waals surface area contributed by atoms with Crippen molar-refractivity contribution >= 4 is 23.5 Å². The van der Waals surface area contributed by atoms with Crippen LogP contribution >= 0.6 is 11.6 Å². The predicted octanol–water partition coefficient (Wildman–Crippen LogP) is 5.48. The van der Waals surface area contributed by atoms with Crippen molar-refractivity contribution in [3.05, 3.63) is 29.0 Å². The first-order chi connectivity index (χ1) is 13.5. The van der Waals surface area contributed by atoms with E-state index < -0.39 is 24.4 Å². The molecule has 1 rings (SSSR count). The molecule has 0 bridgehead atoms. The summed E-state index contributed by atoms with van der Waals surface area (Å²) in [6.07, 6.45) is 10.6. The smallest absolute Gasteiger partial charge is 0.337 e. The van der Waals surface area contributed by atoms with Crippen molar-refractivity contribution in [3.63, 3.8) is 0 Å². The Labute approximate surface area is 171 Å². The number of ether oxygens (including phenoxy) is 3. The molecule has 1 aromatic rings. The van der Waals surface area contributed by atoms with Gasteiger partial charge in [-0.2, -0.15) is 0 Å². The van der Waals surface area contributed by atoms with Crippen LogP contribution in [0.5, 0.6) is 5.75 Å². The summed E-state index contributed by atoms with van der Waals surface area (Å²) in [4.78, 5) is 23.2. The van der Waals surface area contributed by atoms with Crippen LogP contribution in [0.25, 0.3) is 0 Å². The molecular weight excluding hydrogens is 387 g/mol. The molecule has 5 nitrogen and oxygen atoms in total. The molecule has 0 saturated carbocycles. The second-order valence-electron chi connectivity index (χ2n) is 6.57. The van der Waals surface area contributed by atoms with Crippen LogP contribution in [0.15, 0.2) is 18.2 Å². The lowest BCUT2D eigenvalue weighted by molar-refractivity contribution is -0.152. The van der Waals surface area contributed by atoms with Crippen molar-refractivity contribution in [2.45, 2.75) is 64.7 Å². The van der Waals surface area contributed by atoms with Crippen LogP contribution in [0.4, 0.5) is 4.39 Å². The maximum absolute atomic E-state index is 13.5. The minimum Gasteiger partial charge on any atom is -0.464 e. The Morgan fingerprint density at radius 3 is 2.18 bits per heavy atom. The van der Waals surface area contributed by atoms with Gasteiger partial charge in [-0.05, 0) is 18.6 Å². The van der Waals surface area contributed by atoms with Crippen LogP contribution in [0.2, 0.25) is 5.02 Å². The van der Waals surface area contributed by atoms with Crippen LogP contribution in [-0.4, -0.2) is 31.8 Å². The van der Waals surface area contributed by atoms with Crippen molar-refractivity contribution in [2.24, 2.45) is 0 Å². The second kappa shape index (κ2) is 15.3. The van der Waals surface area contributed by atoms with Crippen LogP contribution in [-0.2, 0) is 19.1 Å². The molecule has 0 spiro atoms. The molecule has 1 aromatic carbocycles. The molecule has 0 atom stereocenters. The van der Waals surface area contributed by atoms with Gasteiger partial charge in [0.15, 0.2) is 11.6 Å². The number of rotatable bonds is 15. The first kappa shape index (κ1) is 24.4. The summed E-state index contributed by atoms with van der Waals surface area (Å²) in [6, 6.07) is 3.92. The average molecular weight is 417 g/mol. The molecule has 0 aliphatic heterocycles. The Morgan fingerprint density at radius 2 is 1.54 bits per heavy atom. The fraction of sp³-hybridized carbons (Fsp3) is 0.619. The van der Waals surface area contributed by atoms with Crippen molar-refractivity contribution in [3.8, 4) is 5.75 Å². The fourth-order valence-electron chi connectivity index (χ4n) is 2.58. The lowest BCUT2D eigenvalue weighted by atomic mass is 10.1. The van der Waals surface area contributed by atoms with E-state index >= 15 is 0 Å². The maximum atomic E-state index is 13.5. The summed E-state index contributed by atoms with van der Waals surface area (Å²) >= 11 is 5.76. The number of esters is 2. The predicted molar refractivity (Wildman–Crippen MR) is 106 cm³/mol. The third-order valence-corrected chi connectivity index (χ3v) is 4.38. The standard InChI is InChI=1S/C21H30ClFO5/c1-2-3-4-5-6-7-8-9-10-14-27-19(24)15-26-16-20(25)28-21-17(22)12-11-13-18(21)23/h11-13H,2-10,14-16H2,1H3. The second-order valence-corrected chi connectivity index (χ2v) is 6.97. The zero-order valence-electron chi connectivity index (χ0n) is 16.5. The number of carbonyl (C=O) groups excluding carboxylic acids is 2. The molecule has 0 fully saturated rings. The topological polar surface area (TPSA) is 61.8 Å². The van der Waals surface area contributed by atoms with Gasteiger partial charge in [-0.1, -0.05) is 76.0 Å². The first-order valence-electron chi connectivity index (χ1n) is 9.92. The van der Waals surface area contributed by atoms with Crippen molar-refractivity contribution in [1.82, 2.24) is 0 Å². The molecule has 0 heterocycles. The van der Waals surface area contributed by atoms with Gasteiger partial charge in [-0.25, -0.2) is 14.0 Å². The van der Waals surface area contributed by atoms with Gasteiger partial charge < -0.3 is 14.2 Å². The van der Waals surface area contributed by atoms with Crippen LogP contribution in [0.3, 0.4) is 0 Å². The molecule has 0 saturated heterocycles. The SMILES string of the molecule is CCCCCCCCCCCOC(=O)COCC(=O)Oc1c(F)cccc1Cl. The highest BCUT2D eigenvalue weighted by Gasteiger charge is 2.14. The van der Waals surface area contributed by atoms with E-state index in [9.17, 15) is 14.0 Å². The number of unbranched alkanes of at least 4 members (excludes halogenated alkanes) is 8. The van der Waals surface area contributed by atoms with Gasteiger partial charge in [0, 0.05) is 0 Å². The Hall–Kier alpha value is -1.66. The summed E-state index contributed by atoms with van der Waals surface area (Å²) < 4.78 is 28.3. The minimum absolute atomic E-state index is 0.0197. The number of carbonyl (C=O) groups is 2.